The van der Waals surface area contributed by atoms with Gasteiger partial charge in [0.25, 0.3) is 5.91 Å². The first-order valence-electron chi connectivity index (χ1n) is 8.30. The molecule has 1 amide bonds. The molecule has 0 radical (unpaired) electrons. The minimum atomic E-state index is -4.57. The van der Waals surface area contributed by atoms with Crippen molar-refractivity contribution in [2.24, 2.45) is 5.10 Å². The Balaban J connectivity index is 1.74. The van der Waals surface area contributed by atoms with Crippen molar-refractivity contribution >= 4 is 17.3 Å². The van der Waals surface area contributed by atoms with Crippen LogP contribution in [0.2, 0.25) is 0 Å². The molecule has 0 bridgehead atoms. The van der Waals surface area contributed by atoms with Crippen LogP contribution in [0.15, 0.2) is 59.7 Å². The van der Waals surface area contributed by atoms with Crippen molar-refractivity contribution in [3.05, 3.63) is 60.2 Å². The second kappa shape index (κ2) is 6.00. The Hall–Kier alpha value is -3.03. The zero-order valence-electron chi connectivity index (χ0n) is 14.3. The number of nitrogens with one attached hydrogen (secondary N) is 1. The van der Waals surface area contributed by atoms with Crippen molar-refractivity contribution in [2.45, 2.75) is 24.2 Å². The van der Waals surface area contributed by atoms with Gasteiger partial charge in [-0.05, 0) is 29.8 Å². The maximum Gasteiger partial charge on any atom is 0.431 e. The summed E-state index contributed by atoms with van der Waals surface area (Å²) in [6.45, 7) is 0. The predicted molar refractivity (Wildman–Crippen MR) is 93.6 cm³/mol. The van der Waals surface area contributed by atoms with Crippen molar-refractivity contribution in [1.82, 2.24) is 5.43 Å². The molecular formula is C19H16F3N3O2. The van der Waals surface area contributed by atoms with Crippen LogP contribution in [0, 0.1) is 0 Å². The zero-order valence-corrected chi connectivity index (χ0v) is 14.3. The van der Waals surface area contributed by atoms with Crippen LogP contribution in [0.4, 0.5) is 18.9 Å². The van der Waals surface area contributed by atoms with E-state index in [0.717, 1.165) is 0 Å². The summed E-state index contributed by atoms with van der Waals surface area (Å²) in [5.74, 6) is 0.189. The molecule has 2 aliphatic heterocycles. The number of rotatable bonds is 3. The summed E-state index contributed by atoms with van der Waals surface area (Å²) in [6, 6.07) is 15.2. The van der Waals surface area contributed by atoms with E-state index in [9.17, 15) is 18.0 Å². The molecule has 27 heavy (non-hydrogen) atoms. The van der Waals surface area contributed by atoms with Crippen molar-refractivity contribution in [3.63, 3.8) is 0 Å². The van der Waals surface area contributed by atoms with E-state index in [-0.39, 0.29) is 0 Å². The Morgan fingerprint density at radius 2 is 1.81 bits per heavy atom. The number of β-lactam (4-membered cyclic amide) rings is 1. The second-order valence-electron chi connectivity index (χ2n) is 6.50. The third kappa shape index (κ3) is 2.63. The number of hydrogen-bond acceptors (Lipinski definition) is 4. The summed E-state index contributed by atoms with van der Waals surface area (Å²) < 4.78 is 44.5. The minimum Gasteiger partial charge on any atom is -0.497 e. The molecule has 2 aromatic carbocycles. The second-order valence-corrected chi connectivity index (χ2v) is 6.50. The number of carbonyl (C=O) groups is 1. The molecule has 0 unspecified atom stereocenters. The van der Waals surface area contributed by atoms with Gasteiger partial charge < -0.3 is 4.74 Å². The van der Waals surface area contributed by atoms with Crippen LogP contribution in [0.3, 0.4) is 0 Å². The van der Waals surface area contributed by atoms with Gasteiger partial charge in [0.15, 0.2) is 5.54 Å². The third-order valence-electron chi connectivity index (χ3n) is 4.96. The number of carbonyl (C=O) groups excluding carboxylic acids is 1. The fourth-order valence-electron chi connectivity index (χ4n) is 3.63. The predicted octanol–water partition coefficient (Wildman–Crippen LogP) is 3.43. The summed E-state index contributed by atoms with van der Waals surface area (Å²) in [7, 11) is 1.53. The van der Waals surface area contributed by atoms with E-state index in [2.05, 4.69) is 10.5 Å². The monoisotopic (exact) mass is 375 g/mol. The molecule has 1 fully saturated rings. The van der Waals surface area contributed by atoms with Crippen LogP contribution in [0.25, 0.3) is 0 Å². The van der Waals surface area contributed by atoms with E-state index in [1.165, 1.54) is 12.0 Å². The zero-order chi connectivity index (χ0) is 19.2. The van der Waals surface area contributed by atoms with Crippen molar-refractivity contribution in [2.75, 3.05) is 12.0 Å². The Bertz CT molecular complexity index is 897. The van der Waals surface area contributed by atoms with Gasteiger partial charge in [0.2, 0.25) is 0 Å². The topological polar surface area (TPSA) is 53.9 Å². The molecule has 2 aromatic rings. The number of para-hydroxylation sites is 1. The van der Waals surface area contributed by atoms with Crippen LogP contribution in [0.1, 0.15) is 18.0 Å². The number of hydrogen-bond donors (Lipinski definition) is 1. The summed E-state index contributed by atoms with van der Waals surface area (Å²) in [4.78, 5) is 14.5. The van der Waals surface area contributed by atoms with E-state index in [1.807, 2.05) is 6.07 Å². The molecule has 4 rings (SSSR count). The maximum atomic E-state index is 13.1. The summed E-state index contributed by atoms with van der Waals surface area (Å²) in [5.41, 5.74) is 1.41. The van der Waals surface area contributed by atoms with E-state index >= 15 is 0 Å². The Morgan fingerprint density at radius 3 is 2.37 bits per heavy atom. The van der Waals surface area contributed by atoms with E-state index in [0.29, 0.717) is 17.0 Å². The van der Waals surface area contributed by atoms with Crippen LogP contribution >= 0.6 is 0 Å². The van der Waals surface area contributed by atoms with Crippen LogP contribution in [0.5, 0.6) is 5.75 Å². The van der Waals surface area contributed by atoms with Crippen LogP contribution < -0.4 is 15.1 Å². The first-order chi connectivity index (χ1) is 12.9. The fraction of sp³-hybridized carbons (Fsp3) is 0.263. The van der Waals surface area contributed by atoms with Crippen molar-refractivity contribution < 1.29 is 22.7 Å². The smallest absolute Gasteiger partial charge is 0.431 e. The van der Waals surface area contributed by atoms with Crippen LogP contribution in [-0.2, 0) is 4.79 Å². The highest BCUT2D eigenvalue weighted by Crippen LogP contribution is 2.50. The van der Waals surface area contributed by atoms with Gasteiger partial charge in [-0.3, -0.25) is 15.1 Å². The van der Waals surface area contributed by atoms with Crippen LogP contribution in [-0.4, -0.2) is 30.4 Å². The summed E-state index contributed by atoms with van der Waals surface area (Å²) in [5, 5.41) is 3.44. The molecule has 1 N–H and O–H groups in total. The molecule has 0 aromatic heterocycles. The SMILES string of the molecule is COc1ccc([C@H]2N(c3ccccc3)C(=O)[C@@]23CC(C(F)(F)F)=NN3)cc1. The highest BCUT2D eigenvalue weighted by atomic mass is 19.4. The average molecular weight is 375 g/mol. The van der Waals surface area contributed by atoms with Gasteiger partial charge in [-0.15, -0.1) is 0 Å². The number of halogens is 3. The molecule has 0 aliphatic carbocycles. The molecule has 2 aliphatic rings. The van der Waals surface area contributed by atoms with E-state index in [1.54, 1.807) is 48.5 Å². The molecule has 1 saturated heterocycles. The van der Waals surface area contributed by atoms with Gasteiger partial charge in [-0.2, -0.15) is 18.3 Å². The third-order valence-corrected chi connectivity index (χ3v) is 4.96. The highest BCUT2D eigenvalue weighted by molar-refractivity contribution is 6.13. The molecule has 1 spiro atoms. The minimum absolute atomic E-state index is 0.433. The largest absolute Gasteiger partial charge is 0.497 e. The fourth-order valence-corrected chi connectivity index (χ4v) is 3.63. The lowest BCUT2D eigenvalue weighted by Gasteiger charge is -2.54. The van der Waals surface area contributed by atoms with Gasteiger partial charge in [-0.1, -0.05) is 30.3 Å². The van der Waals surface area contributed by atoms with E-state index < -0.39 is 35.8 Å². The number of alkyl halides is 3. The van der Waals surface area contributed by atoms with Gasteiger partial charge in [0.05, 0.1) is 13.2 Å². The van der Waals surface area contributed by atoms with Gasteiger partial charge in [-0.25, -0.2) is 0 Å². The Labute approximate surface area is 153 Å². The molecule has 140 valence electrons. The summed E-state index contributed by atoms with van der Waals surface area (Å²) >= 11 is 0. The number of anilines is 1. The standard InChI is InChI=1S/C19H16F3N3O2/c1-27-14-9-7-12(8-10-14)16-18(11-15(23-24-18)19(20,21)22)17(26)25(16)13-5-3-2-4-6-13/h2-10,16,24H,11H2,1H3/t16-,18-/m1/s1. The lowest BCUT2D eigenvalue weighted by atomic mass is 9.72. The number of benzene rings is 2. The maximum absolute atomic E-state index is 13.1. The van der Waals surface area contributed by atoms with E-state index in [4.69, 9.17) is 4.74 Å². The molecular weight excluding hydrogens is 359 g/mol. The first kappa shape index (κ1) is 17.4. The molecule has 5 nitrogen and oxygen atoms in total. The van der Waals surface area contributed by atoms with Gasteiger partial charge in [0, 0.05) is 12.1 Å². The number of hydrazone groups is 1. The summed E-state index contributed by atoms with van der Waals surface area (Å²) in [6.07, 6.45) is -5.08. The molecule has 2 atom stereocenters. The average Bonchev–Trinajstić information content (AvgIpc) is 3.15. The molecule has 2 heterocycles. The Kier molecular flexibility index (Phi) is 3.87. The number of amides is 1. The van der Waals surface area contributed by atoms with Gasteiger partial charge in [0.1, 0.15) is 11.5 Å². The molecule has 0 saturated carbocycles. The van der Waals surface area contributed by atoms with Gasteiger partial charge >= 0.3 is 6.18 Å². The normalized spacial score (nSPS) is 24.4. The number of ether oxygens (including phenoxy) is 1. The van der Waals surface area contributed by atoms with Crippen molar-refractivity contribution in [3.8, 4) is 5.75 Å². The lowest BCUT2D eigenvalue weighted by Crippen LogP contribution is -2.73. The molecule has 8 heteroatoms. The lowest BCUT2D eigenvalue weighted by molar-refractivity contribution is -0.134. The van der Waals surface area contributed by atoms with Crippen molar-refractivity contribution in [1.29, 1.82) is 0 Å². The first-order valence-corrected chi connectivity index (χ1v) is 8.30. The number of nitrogens with zero attached hydrogens (tertiary/aromatic N) is 2. The Morgan fingerprint density at radius 1 is 1.15 bits per heavy atom. The quantitative estimate of drug-likeness (QED) is 0.837. The highest BCUT2D eigenvalue weighted by Gasteiger charge is 2.66. The number of methoxy groups -OCH3 is 1.